The molecule has 16 heavy (non-hydrogen) atoms. The molecule has 1 aromatic rings. The van der Waals surface area contributed by atoms with Gasteiger partial charge >= 0.3 is 0 Å². The van der Waals surface area contributed by atoms with Crippen LogP contribution in [0.15, 0.2) is 28.7 Å². The zero-order valence-corrected chi connectivity index (χ0v) is 11.9. The standard InChI is InChI=1S/C13H15BrOS/c1-10-6-7-12(9-13(10)14)5-3-4-8-16-11(2)15/h3,5-7,9H,4,8H2,1-2H3. The van der Waals surface area contributed by atoms with Crippen molar-refractivity contribution in [2.45, 2.75) is 20.3 Å². The molecule has 0 atom stereocenters. The van der Waals surface area contributed by atoms with Crippen LogP contribution in [0.5, 0.6) is 0 Å². The van der Waals surface area contributed by atoms with Crippen molar-refractivity contribution in [3.8, 4) is 0 Å². The van der Waals surface area contributed by atoms with Crippen LogP contribution in [0.1, 0.15) is 24.5 Å². The Kier molecular flexibility index (Phi) is 5.85. The third-order valence-corrected chi connectivity index (χ3v) is 3.80. The Morgan fingerprint density at radius 3 is 2.88 bits per heavy atom. The predicted molar refractivity (Wildman–Crippen MR) is 75.7 cm³/mol. The summed E-state index contributed by atoms with van der Waals surface area (Å²) < 4.78 is 1.13. The predicted octanol–water partition coefficient (Wildman–Crippen LogP) is 4.44. The molecule has 0 aromatic heterocycles. The lowest BCUT2D eigenvalue weighted by Gasteiger charge is -1.99. The minimum Gasteiger partial charge on any atom is -0.288 e. The number of carbonyl (C=O) groups excluding carboxylic acids is 1. The van der Waals surface area contributed by atoms with Crippen molar-refractivity contribution in [1.29, 1.82) is 0 Å². The first-order chi connectivity index (χ1) is 7.59. The molecule has 1 nitrogen and oxygen atoms in total. The summed E-state index contributed by atoms with van der Waals surface area (Å²) in [5.74, 6) is 0.860. The van der Waals surface area contributed by atoms with Gasteiger partial charge in [-0.05, 0) is 30.5 Å². The van der Waals surface area contributed by atoms with Gasteiger partial charge in [-0.25, -0.2) is 0 Å². The topological polar surface area (TPSA) is 17.1 Å². The molecule has 0 aliphatic carbocycles. The lowest BCUT2D eigenvalue weighted by atomic mass is 10.1. The molecule has 0 aliphatic heterocycles. The van der Waals surface area contributed by atoms with E-state index in [4.69, 9.17) is 0 Å². The summed E-state index contributed by atoms with van der Waals surface area (Å²) in [5, 5.41) is 0.187. The van der Waals surface area contributed by atoms with E-state index in [-0.39, 0.29) is 5.12 Å². The fourth-order valence-electron chi connectivity index (χ4n) is 1.20. The molecule has 0 saturated heterocycles. The van der Waals surface area contributed by atoms with Gasteiger partial charge in [0.05, 0.1) is 0 Å². The lowest BCUT2D eigenvalue weighted by molar-refractivity contribution is -0.109. The molecule has 1 rings (SSSR count). The number of rotatable bonds is 4. The maximum Gasteiger partial charge on any atom is 0.185 e. The highest BCUT2D eigenvalue weighted by Gasteiger charge is 1.94. The molecule has 0 aliphatic rings. The molecule has 0 radical (unpaired) electrons. The van der Waals surface area contributed by atoms with Crippen LogP contribution in [0, 0.1) is 6.92 Å². The van der Waals surface area contributed by atoms with Gasteiger partial charge in [-0.15, -0.1) is 0 Å². The van der Waals surface area contributed by atoms with E-state index in [2.05, 4.69) is 53.2 Å². The van der Waals surface area contributed by atoms with Gasteiger partial charge in [0.2, 0.25) is 0 Å². The third-order valence-electron chi connectivity index (χ3n) is 2.10. The Morgan fingerprint density at radius 2 is 2.25 bits per heavy atom. The minimum absolute atomic E-state index is 0.187. The van der Waals surface area contributed by atoms with Crippen LogP contribution in [0.2, 0.25) is 0 Å². The quantitative estimate of drug-likeness (QED) is 0.765. The maximum atomic E-state index is 10.7. The van der Waals surface area contributed by atoms with Gasteiger partial charge in [-0.1, -0.05) is 52.0 Å². The molecule has 3 heteroatoms. The van der Waals surface area contributed by atoms with Gasteiger partial charge in [-0.3, -0.25) is 4.79 Å². The van der Waals surface area contributed by atoms with Crippen molar-refractivity contribution in [3.63, 3.8) is 0 Å². The number of thioether (sulfide) groups is 1. The molecule has 0 fully saturated rings. The zero-order valence-electron chi connectivity index (χ0n) is 9.50. The summed E-state index contributed by atoms with van der Waals surface area (Å²) in [5.41, 5.74) is 2.43. The maximum absolute atomic E-state index is 10.7. The highest BCUT2D eigenvalue weighted by atomic mass is 79.9. The average molecular weight is 299 g/mol. The number of hydrogen-bond acceptors (Lipinski definition) is 2. The van der Waals surface area contributed by atoms with E-state index in [1.807, 2.05) is 0 Å². The van der Waals surface area contributed by atoms with E-state index in [0.29, 0.717) is 0 Å². The van der Waals surface area contributed by atoms with E-state index >= 15 is 0 Å². The number of benzene rings is 1. The molecule has 0 spiro atoms. The Morgan fingerprint density at radius 1 is 1.50 bits per heavy atom. The number of hydrogen-bond donors (Lipinski definition) is 0. The fourth-order valence-corrected chi connectivity index (χ4v) is 2.14. The second-order valence-electron chi connectivity index (χ2n) is 3.54. The largest absolute Gasteiger partial charge is 0.288 e. The summed E-state index contributed by atoms with van der Waals surface area (Å²) in [7, 11) is 0. The first-order valence-electron chi connectivity index (χ1n) is 5.15. The number of halogens is 1. The monoisotopic (exact) mass is 298 g/mol. The Bertz CT molecular complexity index is 399. The van der Waals surface area contributed by atoms with Gasteiger partial charge in [0.25, 0.3) is 0 Å². The van der Waals surface area contributed by atoms with Gasteiger partial charge in [0.15, 0.2) is 5.12 Å². The fraction of sp³-hybridized carbons (Fsp3) is 0.308. The second-order valence-corrected chi connectivity index (χ2v) is 5.67. The zero-order chi connectivity index (χ0) is 12.0. The molecule has 0 N–H and O–H groups in total. The van der Waals surface area contributed by atoms with Crippen LogP contribution in [0.25, 0.3) is 6.08 Å². The lowest BCUT2D eigenvalue weighted by Crippen LogP contribution is -1.83. The summed E-state index contributed by atoms with van der Waals surface area (Å²) >= 11 is 4.88. The molecule has 0 bridgehead atoms. The third kappa shape index (κ3) is 4.99. The first kappa shape index (κ1) is 13.5. The molecule has 0 unspecified atom stereocenters. The highest BCUT2D eigenvalue weighted by molar-refractivity contribution is 9.10. The van der Waals surface area contributed by atoms with Crippen molar-refractivity contribution in [2.24, 2.45) is 0 Å². The molecular formula is C13H15BrOS. The van der Waals surface area contributed by atoms with Crippen LogP contribution >= 0.6 is 27.7 Å². The van der Waals surface area contributed by atoms with E-state index in [0.717, 1.165) is 16.6 Å². The number of aryl methyl sites for hydroxylation is 1. The van der Waals surface area contributed by atoms with Crippen LogP contribution in [-0.4, -0.2) is 10.9 Å². The summed E-state index contributed by atoms with van der Waals surface area (Å²) in [6.45, 7) is 3.67. The van der Waals surface area contributed by atoms with Crippen molar-refractivity contribution in [3.05, 3.63) is 39.9 Å². The minimum atomic E-state index is 0.187. The summed E-state index contributed by atoms with van der Waals surface area (Å²) in [4.78, 5) is 10.7. The van der Waals surface area contributed by atoms with E-state index in [1.54, 1.807) is 6.92 Å². The SMILES string of the molecule is CC(=O)SCCC=Cc1ccc(C)c(Br)c1. The molecular weight excluding hydrogens is 284 g/mol. The number of carbonyl (C=O) groups is 1. The van der Waals surface area contributed by atoms with Crippen molar-refractivity contribution < 1.29 is 4.79 Å². The van der Waals surface area contributed by atoms with Crippen LogP contribution in [-0.2, 0) is 4.79 Å². The van der Waals surface area contributed by atoms with E-state index in [1.165, 1.54) is 22.9 Å². The van der Waals surface area contributed by atoms with Gasteiger partial charge < -0.3 is 0 Å². The van der Waals surface area contributed by atoms with Crippen LogP contribution in [0.4, 0.5) is 0 Å². The first-order valence-corrected chi connectivity index (χ1v) is 6.93. The van der Waals surface area contributed by atoms with E-state index < -0.39 is 0 Å². The van der Waals surface area contributed by atoms with Gasteiger partial charge in [-0.2, -0.15) is 0 Å². The Balaban J connectivity index is 2.44. The van der Waals surface area contributed by atoms with Crippen LogP contribution in [0.3, 0.4) is 0 Å². The summed E-state index contributed by atoms with van der Waals surface area (Å²) in [6, 6.07) is 6.28. The van der Waals surface area contributed by atoms with Crippen molar-refractivity contribution in [2.75, 3.05) is 5.75 Å². The molecule has 1 aromatic carbocycles. The summed E-state index contributed by atoms with van der Waals surface area (Å²) in [6.07, 6.45) is 5.12. The van der Waals surface area contributed by atoms with Crippen molar-refractivity contribution >= 4 is 38.9 Å². The van der Waals surface area contributed by atoms with Crippen LogP contribution < -0.4 is 0 Å². The molecule has 0 saturated carbocycles. The van der Waals surface area contributed by atoms with Gasteiger partial charge in [0.1, 0.15) is 0 Å². The van der Waals surface area contributed by atoms with Gasteiger partial charge in [0, 0.05) is 17.1 Å². The second kappa shape index (κ2) is 6.92. The molecule has 0 heterocycles. The molecule has 86 valence electrons. The molecule has 0 amide bonds. The smallest absolute Gasteiger partial charge is 0.185 e. The highest BCUT2D eigenvalue weighted by Crippen LogP contribution is 2.18. The average Bonchev–Trinajstić information content (AvgIpc) is 2.22. The normalized spacial score (nSPS) is 10.9. The van der Waals surface area contributed by atoms with Crippen molar-refractivity contribution in [1.82, 2.24) is 0 Å². The Labute approximate surface area is 109 Å². The number of allylic oxidation sites excluding steroid dienone is 1. The van der Waals surface area contributed by atoms with E-state index in [9.17, 15) is 4.79 Å². The Hall–Kier alpha value is -0.540.